The summed E-state index contributed by atoms with van der Waals surface area (Å²) in [5.41, 5.74) is 26.5. The lowest BCUT2D eigenvalue weighted by molar-refractivity contribution is 0.794. The summed E-state index contributed by atoms with van der Waals surface area (Å²) in [4.78, 5) is 10.4. The normalized spacial score (nSPS) is 12.5. The largest absolute Gasteiger partial charge is 0.228 e. The van der Waals surface area contributed by atoms with Crippen LogP contribution in [0.25, 0.3) is 112 Å². The molecule has 0 bridgehead atoms. The van der Waals surface area contributed by atoms with Gasteiger partial charge < -0.3 is 0 Å². The van der Waals surface area contributed by atoms with Crippen LogP contribution >= 0.6 is 0 Å². The van der Waals surface area contributed by atoms with Crippen molar-refractivity contribution in [3.05, 3.63) is 301 Å². The summed E-state index contributed by atoms with van der Waals surface area (Å²) in [6, 6.07) is 102. The Morgan fingerprint density at radius 2 is 0.548 bits per heavy atom. The minimum atomic E-state index is -0.465. The van der Waals surface area contributed by atoms with Crippen LogP contribution in [0, 0.1) is 0 Å². The maximum Gasteiger partial charge on any atom is 0.160 e. The van der Waals surface area contributed by atoms with E-state index in [1.54, 1.807) is 0 Å². The van der Waals surface area contributed by atoms with Crippen LogP contribution < -0.4 is 0 Å². The van der Waals surface area contributed by atoms with E-state index in [9.17, 15) is 0 Å². The van der Waals surface area contributed by atoms with Crippen molar-refractivity contribution in [2.75, 3.05) is 0 Å². The molecular formula is C71H46N2. The molecule has 1 aromatic heterocycles. The van der Waals surface area contributed by atoms with E-state index in [1.807, 2.05) is 18.2 Å². The van der Waals surface area contributed by atoms with Crippen LogP contribution in [0.4, 0.5) is 0 Å². The fourth-order valence-corrected chi connectivity index (χ4v) is 11.8. The Balaban J connectivity index is 0.929. The predicted molar refractivity (Wildman–Crippen MR) is 302 cm³/mol. The van der Waals surface area contributed by atoms with Crippen molar-refractivity contribution in [3.63, 3.8) is 0 Å². The molecule has 11 aromatic carbocycles. The van der Waals surface area contributed by atoms with E-state index in [4.69, 9.17) is 9.97 Å². The molecule has 340 valence electrons. The number of aromatic nitrogens is 2. The van der Waals surface area contributed by atoms with Gasteiger partial charge in [0.25, 0.3) is 0 Å². The highest BCUT2D eigenvalue weighted by atomic mass is 14.9. The van der Waals surface area contributed by atoms with Crippen molar-refractivity contribution in [2.24, 2.45) is 0 Å². The van der Waals surface area contributed by atoms with Crippen LogP contribution in [0.5, 0.6) is 0 Å². The molecule has 0 atom stereocenters. The Morgan fingerprint density at radius 1 is 0.192 bits per heavy atom. The standard InChI is InChI=1S/C71H46N2/c1-4-19-47(20-5-1)49-37-39-50(40-38-49)61-44-63-60-33-12-15-36-66(60)71(64-34-13-10-31-58(64)59-32-11-14-35-65(59)71)67(63)45-62(61)55-28-16-26-53(41-55)54-27-18-30-57(43-54)69-46-68(72-70(73-69)51-23-8-3-9-24-51)56-29-17-25-52(42-56)48-21-6-2-7-22-48/h1-46H. The molecule has 0 amide bonds. The summed E-state index contributed by atoms with van der Waals surface area (Å²) >= 11 is 0. The van der Waals surface area contributed by atoms with Gasteiger partial charge in [-0.1, -0.05) is 243 Å². The summed E-state index contributed by atoms with van der Waals surface area (Å²) < 4.78 is 0. The summed E-state index contributed by atoms with van der Waals surface area (Å²) in [7, 11) is 0. The van der Waals surface area contributed by atoms with Gasteiger partial charge in [-0.05, 0) is 137 Å². The summed E-state index contributed by atoms with van der Waals surface area (Å²) in [5, 5.41) is 0. The minimum Gasteiger partial charge on any atom is -0.228 e. The Hall–Kier alpha value is -9.50. The third-order valence-electron chi connectivity index (χ3n) is 15.1. The van der Waals surface area contributed by atoms with Gasteiger partial charge in [0.15, 0.2) is 5.82 Å². The van der Waals surface area contributed by atoms with Gasteiger partial charge in [0, 0.05) is 16.7 Å². The SMILES string of the molecule is c1ccc(-c2ccc(-c3cc4c(cc3-c3cccc(-c5cccc(-c6cc(-c7cccc(-c8ccccc8)c7)nc(-c7ccccc7)n6)c5)c3)C3(c5ccccc5-c5ccccc53)c3ccccc3-4)cc2)cc1. The maximum absolute atomic E-state index is 5.26. The zero-order valence-corrected chi connectivity index (χ0v) is 40.0. The van der Waals surface area contributed by atoms with Gasteiger partial charge in [-0.15, -0.1) is 0 Å². The number of fused-ring (bicyclic) bond motifs is 10. The lowest BCUT2D eigenvalue weighted by Gasteiger charge is -2.31. The van der Waals surface area contributed by atoms with E-state index in [-0.39, 0.29) is 0 Å². The first kappa shape index (κ1) is 42.4. The van der Waals surface area contributed by atoms with Crippen LogP contribution in [-0.4, -0.2) is 9.97 Å². The van der Waals surface area contributed by atoms with Crippen molar-refractivity contribution >= 4 is 0 Å². The molecule has 0 radical (unpaired) electrons. The smallest absolute Gasteiger partial charge is 0.160 e. The van der Waals surface area contributed by atoms with Gasteiger partial charge in [0.05, 0.1) is 16.8 Å². The van der Waals surface area contributed by atoms with Gasteiger partial charge in [-0.25, -0.2) is 9.97 Å². The molecule has 14 rings (SSSR count). The fraction of sp³-hybridized carbons (Fsp3) is 0.0141. The molecule has 2 aliphatic rings. The van der Waals surface area contributed by atoms with Gasteiger partial charge in [-0.3, -0.25) is 0 Å². The molecule has 2 aliphatic carbocycles. The van der Waals surface area contributed by atoms with Crippen molar-refractivity contribution in [3.8, 4) is 112 Å². The van der Waals surface area contributed by atoms with Crippen LogP contribution in [0.3, 0.4) is 0 Å². The van der Waals surface area contributed by atoms with Crippen molar-refractivity contribution in [2.45, 2.75) is 5.41 Å². The third kappa shape index (κ3) is 7.10. The number of hydrogen-bond donors (Lipinski definition) is 0. The molecule has 2 heteroatoms. The average Bonchev–Trinajstić information content (AvgIpc) is 4.05. The van der Waals surface area contributed by atoms with E-state index in [0.717, 1.165) is 50.3 Å². The molecule has 1 spiro atoms. The summed E-state index contributed by atoms with van der Waals surface area (Å²) in [5.74, 6) is 0.694. The molecule has 0 fully saturated rings. The molecule has 0 N–H and O–H groups in total. The molecule has 12 aromatic rings. The van der Waals surface area contributed by atoms with Crippen molar-refractivity contribution < 1.29 is 0 Å². The van der Waals surface area contributed by atoms with E-state index in [2.05, 4.69) is 261 Å². The first-order chi connectivity index (χ1) is 36.2. The van der Waals surface area contributed by atoms with Gasteiger partial charge in [0.2, 0.25) is 0 Å². The molecule has 0 aliphatic heterocycles. The molecule has 0 saturated carbocycles. The number of rotatable bonds is 8. The second kappa shape index (κ2) is 17.4. The Bertz CT molecular complexity index is 4020. The minimum absolute atomic E-state index is 0.465. The Kier molecular flexibility index (Phi) is 10.1. The zero-order valence-electron chi connectivity index (χ0n) is 40.0. The van der Waals surface area contributed by atoms with E-state index >= 15 is 0 Å². The molecule has 0 saturated heterocycles. The van der Waals surface area contributed by atoms with E-state index in [1.165, 1.54) is 77.9 Å². The molecule has 2 nitrogen and oxygen atoms in total. The van der Waals surface area contributed by atoms with Crippen LogP contribution in [0.15, 0.2) is 279 Å². The lowest BCUT2D eigenvalue weighted by Crippen LogP contribution is -2.25. The highest BCUT2D eigenvalue weighted by Crippen LogP contribution is 2.63. The quantitative estimate of drug-likeness (QED) is 0.152. The average molecular weight is 927 g/mol. The Labute approximate surface area is 426 Å². The first-order valence-electron chi connectivity index (χ1n) is 25.1. The highest BCUT2D eigenvalue weighted by Gasteiger charge is 2.51. The van der Waals surface area contributed by atoms with Gasteiger partial charge >= 0.3 is 0 Å². The van der Waals surface area contributed by atoms with Crippen molar-refractivity contribution in [1.29, 1.82) is 0 Å². The second-order valence-corrected chi connectivity index (χ2v) is 19.2. The van der Waals surface area contributed by atoms with Gasteiger partial charge in [0.1, 0.15) is 0 Å². The monoisotopic (exact) mass is 926 g/mol. The molecule has 0 unspecified atom stereocenters. The van der Waals surface area contributed by atoms with Crippen LogP contribution in [-0.2, 0) is 5.41 Å². The van der Waals surface area contributed by atoms with Gasteiger partial charge in [-0.2, -0.15) is 0 Å². The molecular weight excluding hydrogens is 881 g/mol. The zero-order chi connectivity index (χ0) is 48.3. The van der Waals surface area contributed by atoms with Crippen LogP contribution in [0.1, 0.15) is 22.3 Å². The second-order valence-electron chi connectivity index (χ2n) is 19.2. The van der Waals surface area contributed by atoms with Crippen molar-refractivity contribution in [1.82, 2.24) is 9.97 Å². The lowest BCUT2D eigenvalue weighted by atomic mass is 9.70. The van der Waals surface area contributed by atoms with Crippen LogP contribution in [0.2, 0.25) is 0 Å². The Morgan fingerprint density at radius 3 is 1.08 bits per heavy atom. The molecule has 73 heavy (non-hydrogen) atoms. The maximum atomic E-state index is 5.26. The van der Waals surface area contributed by atoms with E-state index in [0.29, 0.717) is 5.82 Å². The topological polar surface area (TPSA) is 25.8 Å². The highest BCUT2D eigenvalue weighted by molar-refractivity contribution is 5.99. The van der Waals surface area contributed by atoms with E-state index < -0.39 is 5.41 Å². The molecule has 1 heterocycles. The summed E-state index contributed by atoms with van der Waals surface area (Å²) in [6.07, 6.45) is 0. The third-order valence-corrected chi connectivity index (χ3v) is 15.1. The first-order valence-corrected chi connectivity index (χ1v) is 25.1. The predicted octanol–water partition coefficient (Wildman–Crippen LogP) is 18.2. The summed E-state index contributed by atoms with van der Waals surface area (Å²) in [6.45, 7) is 0. The fourth-order valence-electron chi connectivity index (χ4n) is 11.8. The number of hydrogen-bond acceptors (Lipinski definition) is 2. The number of benzene rings is 11. The number of nitrogens with zero attached hydrogens (tertiary/aromatic N) is 2.